The molecule has 32 heavy (non-hydrogen) atoms. The Morgan fingerprint density at radius 1 is 1.03 bits per heavy atom. The first-order chi connectivity index (χ1) is 15.5. The normalized spacial score (nSPS) is 18.4. The topological polar surface area (TPSA) is 79.2 Å². The molecular weight excluding hydrogens is 449 g/mol. The molecule has 1 saturated heterocycles. The number of nitrogens with one attached hydrogen (secondary N) is 1. The van der Waals surface area contributed by atoms with E-state index in [1.165, 1.54) is 0 Å². The maximum absolute atomic E-state index is 13.8. The van der Waals surface area contributed by atoms with Crippen molar-refractivity contribution in [3.8, 4) is 0 Å². The zero-order valence-corrected chi connectivity index (χ0v) is 18.9. The van der Waals surface area contributed by atoms with E-state index < -0.39 is 6.04 Å². The van der Waals surface area contributed by atoms with Gasteiger partial charge in [0.1, 0.15) is 11.9 Å². The molecular formula is C22H21Cl2N7O. The highest BCUT2D eigenvalue weighted by Crippen LogP contribution is 2.38. The molecule has 1 unspecified atom stereocenters. The lowest BCUT2D eigenvalue weighted by Crippen LogP contribution is -2.50. The van der Waals surface area contributed by atoms with Crippen LogP contribution in [0.2, 0.25) is 10.0 Å². The number of fused-ring (bicyclic) bond motifs is 1. The number of amides is 1. The Labute approximate surface area is 195 Å². The number of aromatic nitrogens is 4. The van der Waals surface area contributed by atoms with E-state index in [0.29, 0.717) is 47.7 Å². The Bertz CT molecular complexity index is 1190. The monoisotopic (exact) mass is 469 g/mol. The van der Waals surface area contributed by atoms with Crippen molar-refractivity contribution in [2.24, 2.45) is 0 Å². The van der Waals surface area contributed by atoms with Crippen LogP contribution in [-0.4, -0.2) is 56.7 Å². The van der Waals surface area contributed by atoms with Crippen LogP contribution in [0.5, 0.6) is 0 Å². The number of carbonyl (C=O) groups excluding carboxylic acids is 1. The number of nitrogens with zero attached hydrogens (tertiary/aromatic N) is 6. The van der Waals surface area contributed by atoms with Gasteiger partial charge in [-0.25, -0.2) is 14.6 Å². The second kappa shape index (κ2) is 8.44. The maximum atomic E-state index is 13.8. The molecule has 10 heteroatoms. The van der Waals surface area contributed by atoms with Gasteiger partial charge in [0.15, 0.2) is 0 Å². The van der Waals surface area contributed by atoms with Crippen LogP contribution in [-0.2, 0) is 4.79 Å². The molecule has 5 rings (SSSR count). The van der Waals surface area contributed by atoms with Crippen molar-refractivity contribution in [2.75, 3.05) is 36.4 Å². The summed E-state index contributed by atoms with van der Waals surface area (Å²) >= 11 is 12.5. The second-order valence-electron chi connectivity index (χ2n) is 7.73. The van der Waals surface area contributed by atoms with Gasteiger partial charge in [-0.05, 0) is 30.7 Å². The molecule has 8 nitrogen and oxygen atoms in total. The number of hydrogen-bond donors (Lipinski definition) is 1. The van der Waals surface area contributed by atoms with Gasteiger partial charge >= 0.3 is 0 Å². The van der Waals surface area contributed by atoms with E-state index in [0.717, 1.165) is 17.1 Å². The zero-order valence-electron chi connectivity index (χ0n) is 17.4. The predicted octanol–water partition coefficient (Wildman–Crippen LogP) is 3.62. The number of allylic oxidation sites excluding steroid dienone is 1. The molecule has 0 aliphatic carbocycles. The van der Waals surface area contributed by atoms with Crippen LogP contribution in [0.4, 0.5) is 11.8 Å². The van der Waals surface area contributed by atoms with E-state index in [4.69, 9.17) is 23.2 Å². The van der Waals surface area contributed by atoms with Crippen molar-refractivity contribution < 1.29 is 4.79 Å². The van der Waals surface area contributed by atoms with Crippen molar-refractivity contribution in [1.29, 1.82) is 0 Å². The van der Waals surface area contributed by atoms with E-state index in [-0.39, 0.29) is 5.91 Å². The fourth-order valence-electron chi connectivity index (χ4n) is 4.21. The van der Waals surface area contributed by atoms with Gasteiger partial charge in [0.2, 0.25) is 5.95 Å². The van der Waals surface area contributed by atoms with E-state index >= 15 is 0 Å². The molecule has 2 aliphatic heterocycles. The highest BCUT2D eigenvalue weighted by atomic mass is 35.5. The van der Waals surface area contributed by atoms with Gasteiger partial charge in [-0.15, -0.1) is 0 Å². The number of hydrogen-bond acceptors (Lipinski definition) is 6. The molecule has 0 bridgehead atoms. The van der Waals surface area contributed by atoms with Gasteiger partial charge in [0.25, 0.3) is 5.91 Å². The summed E-state index contributed by atoms with van der Waals surface area (Å²) in [6.45, 7) is 4.41. The minimum absolute atomic E-state index is 0.0270. The summed E-state index contributed by atoms with van der Waals surface area (Å²) in [5, 5.41) is 8.70. The fourth-order valence-corrected chi connectivity index (χ4v) is 4.51. The van der Waals surface area contributed by atoms with Crippen LogP contribution in [0.15, 0.2) is 60.2 Å². The number of benzene rings is 1. The Kier molecular flexibility index (Phi) is 5.48. The van der Waals surface area contributed by atoms with Crippen molar-refractivity contribution in [3.63, 3.8) is 0 Å². The lowest BCUT2D eigenvalue weighted by atomic mass is 9.94. The summed E-state index contributed by atoms with van der Waals surface area (Å²) in [5.41, 5.74) is 2.29. The van der Waals surface area contributed by atoms with Gasteiger partial charge < -0.3 is 15.1 Å². The Balaban J connectivity index is 1.44. The summed E-state index contributed by atoms with van der Waals surface area (Å²) in [7, 11) is 0. The van der Waals surface area contributed by atoms with Crippen LogP contribution in [0, 0.1) is 0 Å². The Morgan fingerprint density at radius 3 is 2.50 bits per heavy atom. The number of carbonyl (C=O) groups is 1. The summed E-state index contributed by atoms with van der Waals surface area (Å²) in [5.74, 6) is 1.48. The molecule has 0 saturated carbocycles. The molecule has 2 aliphatic rings. The second-order valence-corrected chi connectivity index (χ2v) is 8.54. The summed E-state index contributed by atoms with van der Waals surface area (Å²) < 4.78 is 1.81. The average Bonchev–Trinajstić information content (AvgIpc) is 3.28. The molecule has 3 aromatic rings. The molecule has 4 heterocycles. The van der Waals surface area contributed by atoms with Crippen LogP contribution >= 0.6 is 23.2 Å². The van der Waals surface area contributed by atoms with Crippen molar-refractivity contribution in [1.82, 2.24) is 24.6 Å². The third-order valence-electron chi connectivity index (χ3n) is 5.80. The van der Waals surface area contributed by atoms with Crippen LogP contribution < -0.4 is 10.2 Å². The van der Waals surface area contributed by atoms with E-state index in [1.54, 1.807) is 36.8 Å². The first-order valence-corrected chi connectivity index (χ1v) is 11.1. The summed E-state index contributed by atoms with van der Waals surface area (Å²) in [4.78, 5) is 26.4. The minimum atomic E-state index is -0.404. The quantitative estimate of drug-likeness (QED) is 0.630. The standard InChI is InChI=1S/C22H21Cl2N7O/c1-14-19(21(32)29-9-11-30(12-10-29)22-25-6-2-7-26-22)20(31-18(28-14)5-8-27-31)15-3-4-16(23)17(24)13-15/h2-8,13,20,28H,9-12H2,1H3. The molecule has 1 aromatic carbocycles. The molecule has 1 atom stereocenters. The Morgan fingerprint density at radius 2 is 1.78 bits per heavy atom. The lowest BCUT2D eigenvalue weighted by molar-refractivity contribution is -0.128. The highest BCUT2D eigenvalue weighted by molar-refractivity contribution is 6.42. The molecule has 1 amide bonds. The molecule has 1 N–H and O–H groups in total. The lowest BCUT2D eigenvalue weighted by Gasteiger charge is -2.37. The van der Waals surface area contributed by atoms with Crippen molar-refractivity contribution in [2.45, 2.75) is 13.0 Å². The van der Waals surface area contributed by atoms with E-state index in [2.05, 4.69) is 25.3 Å². The summed E-state index contributed by atoms with van der Waals surface area (Å²) in [6, 6.07) is 8.71. The highest BCUT2D eigenvalue weighted by Gasteiger charge is 2.36. The maximum Gasteiger partial charge on any atom is 0.254 e. The SMILES string of the molecule is CC1=C(C(=O)N2CCN(c3ncccn3)CC2)C(c2ccc(Cl)c(Cl)c2)n2nccc2N1. The molecule has 164 valence electrons. The molecule has 0 spiro atoms. The van der Waals surface area contributed by atoms with Gasteiger partial charge in [0.05, 0.1) is 21.8 Å². The first kappa shape index (κ1) is 20.8. The van der Waals surface area contributed by atoms with Crippen molar-refractivity contribution in [3.05, 3.63) is 75.8 Å². The fraction of sp³-hybridized carbons (Fsp3) is 0.273. The van der Waals surface area contributed by atoms with Gasteiger partial charge in [0, 0.05) is 50.3 Å². The third kappa shape index (κ3) is 3.69. The third-order valence-corrected chi connectivity index (χ3v) is 6.54. The van der Waals surface area contributed by atoms with Crippen LogP contribution in [0.1, 0.15) is 18.5 Å². The zero-order chi connectivity index (χ0) is 22.2. The molecule has 0 radical (unpaired) electrons. The van der Waals surface area contributed by atoms with Crippen LogP contribution in [0.3, 0.4) is 0 Å². The number of piperazine rings is 1. The molecule has 2 aromatic heterocycles. The first-order valence-electron chi connectivity index (χ1n) is 10.3. The smallest absolute Gasteiger partial charge is 0.254 e. The number of anilines is 2. The number of rotatable bonds is 3. The van der Waals surface area contributed by atoms with Crippen LogP contribution in [0.25, 0.3) is 0 Å². The summed E-state index contributed by atoms with van der Waals surface area (Å²) in [6.07, 6.45) is 5.17. The van der Waals surface area contributed by atoms with Gasteiger partial charge in [-0.3, -0.25) is 4.79 Å². The average molecular weight is 470 g/mol. The van der Waals surface area contributed by atoms with E-state index in [9.17, 15) is 4.79 Å². The minimum Gasteiger partial charge on any atom is -0.344 e. The van der Waals surface area contributed by atoms with Gasteiger partial charge in [-0.1, -0.05) is 29.3 Å². The predicted molar refractivity (Wildman–Crippen MR) is 124 cm³/mol. The van der Waals surface area contributed by atoms with Gasteiger partial charge in [-0.2, -0.15) is 5.10 Å². The van der Waals surface area contributed by atoms with E-state index in [1.807, 2.05) is 28.6 Å². The molecule has 1 fully saturated rings. The Hall–Kier alpha value is -3.10. The van der Waals surface area contributed by atoms with Crippen molar-refractivity contribution >= 4 is 40.9 Å². The largest absolute Gasteiger partial charge is 0.344 e. The number of halogens is 2.